The van der Waals surface area contributed by atoms with Gasteiger partial charge in [0.1, 0.15) is 0 Å². The average Bonchev–Trinajstić information content (AvgIpc) is 3.32. The molecule has 4 heterocycles. The van der Waals surface area contributed by atoms with Crippen molar-refractivity contribution in [3.63, 3.8) is 0 Å². The van der Waals surface area contributed by atoms with Gasteiger partial charge in [0, 0.05) is 43.2 Å². The van der Waals surface area contributed by atoms with Gasteiger partial charge in [0.15, 0.2) is 0 Å². The van der Waals surface area contributed by atoms with E-state index in [2.05, 4.69) is 20.4 Å². The van der Waals surface area contributed by atoms with Gasteiger partial charge in [-0.05, 0) is 22.9 Å². The van der Waals surface area contributed by atoms with E-state index < -0.39 is 5.91 Å². The van der Waals surface area contributed by atoms with Crippen molar-refractivity contribution in [1.82, 2.24) is 34.4 Å². The minimum Gasteiger partial charge on any atom is -0.172 e. The van der Waals surface area contributed by atoms with E-state index in [1.165, 1.54) is 0 Å². The number of aromatic nitrogens is 8. The molecule has 0 fully saturated rings. The van der Waals surface area contributed by atoms with Gasteiger partial charge in [-0.3, -0.25) is 0 Å². The summed E-state index contributed by atoms with van der Waals surface area (Å²) in [5.41, 5.74) is 0. The monoisotopic (exact) mass is 281 g/mol. The van der Waals surface area contributed by atoms with Gasteiger partial charge in [0.2, 0.25) is 6.20 Å². The third kappa shape index (κ3) is 1.55. The van der Waals surface area contributed by atoms with Crippen LogP contribution in [0.4, 0.5) is 0 Å². The van der Waals surface area contributed by atoms with Gasteiger partial charge < -0.3 is 0 Å². The van der Waals surface area contributed by atoms with Crippen molar-refractivity contribution in [2.75, 3.05) is 0 Å². The Bertz CT molecular complexity index is 638. The molecule has 0 spiro atoms. The average molecular weight is 281 g/mol. The lowest BCUT2D eigenvalue weighted by molar-refractivity contribution is -0.833. The first-order valence-electron chi connectivity index (χ1n) is 6.48. The molecular weight excluding hydrogens is 268 g/mol. The van der Waals surface area contributed by atoms with Crippen LogP contribution >= 0.6 is 0 Å². The Kier molecular flexibility index (Phi) is 2.46. The van der Waals surface area contributed by atoms with E-state index in [0.717, 1.165) is 0 Å². The first-order chi connectivity index (χ1) is 10.4. The molecule has 0 amide bonds. The number of rotatable bonds is 4. The Labute approximate surface area is 119 Å². The zero-order valence-corrected chi connectivity index (χ0v) is 11.1. The highest BCUT2D eigenvalue weighted by Crippen LogP contribution is 2.15. The highest BCUT2D eigenvalue weighted by atomic mass is 15.7. The van der Waals surface area contributed by atoms with Crippen molar-refractivity contribution in [1.29, 1.82) is 0 Å². The molecule has 4 aromatic heterocycles. The zero-order chi connectivity index (χ0) is 14.1. The van der Waals surface area contributed by atoms with E-state index in [9.17, 15) is 0 Å². The maximum Gasteiger partial charge on any atom is 0.494 e. The number of nitrogens with zero attached hydrogens (tertiary/aromatic N) is 7. The number of H-pyrrole nitrogens is 1. The molecule has 0 unspecified atom stereocenters. The van der Waals surface area contributed by atoms with Crippen molar-refractivity contribution >= 4 is 0 Å². The van der Waals surface area contributed by atoms with Crippen molar-refractivity contribution in [2.24, 2.45) is 0 Å². The van der Waals surface area contributed by atoms with Gasteiger partial charge in [-0.25, -0.2) is 0 Å². The van der Waals surface area contributed by atoms with Crippen LogP contribution in [0.25, 0.3) is 0 Å². The highest BCUT2D eigenvalue weighted by Gasteiger charge is 2.50. The molecule has 0 aliphatic rings. The molecule has 0 radical (unpaired) electrons. The van der Waals surface area contributed by atoms with Crippen molar-refractivity contribution in [3.05, 3.63) is 73.8 Å². The van der Waals surface area contributed by atoms with Crippen LogP contribution in [0, 0.1) is 0 Å². The molecule has 8 nitrogen and oxygen atoms in total. The molecule has 4 aromatic rings. The second-order valence-electron chi connectivity index (χ2n) is 4.46. The fraction of sp³-hybridized carbons (Fsp3) is 0.0769. The number of hydrogen-bond donors (Lipinski definition) is 1. The lowest BCUT2D eigenvalue weighted by Gasteiger charge is -2.26. The Balaban J connectivity index is 2.10. The van der Waals surface area contributed by atoms with E-state index in [-0.39, 0.29) is 0 Å². The second kappa shape index (κ2) is 4.44. The normalized spacial score (nSPS) is 11.8. The summed E-state index contributed by atoms with van der Waals surface area (Å²) in [5, 5.41) is 16.4. The van der Waals surface area contributed by atoms with Gasteiger partial charge in [0.05, 0.1) is 6.20 Å². The highest BCUT2D eigenvalue weighted by molar-refractivity contribution is 4.93. The topological polar surface area (TPSA) is 73.1 Å². The summed E-state index contributed by atoms with van der Waals surface area (Å²) in [7, 11) is 0. The smallest absolute Gasteiger partial charge is 0.172 e. The van der Waals surface area contributed by atoms with Gasteiger partial charge in [0.25, 0.3) is 0 Å². The molecule has 104 valence electrons. The molecule has 0 saturated heterocycles. The van der Waals surface area contributed by atoms with Crippen LogP contribution < -0.4 is 4.68 Å². The Morgan fingerprint density at radius 1 is 0.762 bits per heavy atom. The quantitative estimate of drug-likeness (QED) is 0.539. The molecule has 8 heteroatoms. The van der Waals surface area contributed by atoms with Crippen LogP contribution in [-0.2, 0) is 5.91 Å². The SMILES string of the molecule is c1cnn(C(n2cccn2)(n2cccn2)[n+]2ccc[nH]2)c1. The molecular formula is C13H13N8+. The Morgan fingerprint density at radius 3 is 1.62 bits per heavy atom. The van der Waals surface area contributed by atoms with E-state index >= 15 is 0 Å². The van der Waals surface area contributed by atoms with Crippen LogP contribution in [0.1, 0.15) is 0 Å². The van der Waals surface area contributed by atoms with E-state index in [1.807, 2.05) is 59.9 Å². The number of aromatic amines is 1. The first-order valence-corrected chi connectivity index (χ1v) is 6.48. The summed E-state index contributed by atoms with van der Waals surface area (Å²) in [4.78, 5) is 0. The van der Waals surface area contributed by atoms with Crippen LogP contribution in [0.3, 0.4) is 0 Å². The van der Waals surface area contributed by atoms with Gasteiger partial charge >= 0.3 is 5.91 Å². The summed E-state index contributed by atoms with van der Waals surface area (Å²) >= 11 is 0. The molecule has 0 aromatic carbocycles. The third-order valence-corrected chi connectivity index (χ3v) is 3.30. The predicted molar refractivity (Wildman–Crippen MR) is 71.8 cm³/mol. The van der Waals surface area contributed by atoms with Crippen LogP contribution in [0.2, 0.25) is 0 Å². The maximum absolute atomic E-state index is 4.41. The fourth-order valence-corrected chi connectivity index (χ4v) is 2.47. The summed E-state index contributed by atoms with van der Waals surface area (Å²) in [6.45, 7) is 0. The lowest BCUT2D eigenvalue weighted by Crippen LogP contribution is -2.70. The largest absolute Gasteiger partial charge is 0.494 e. The minimum atomic E-state index is -0.931. The molecule has 0 aliphatic carbocycles. The van der Waals surface area contributed by atoms with Crippen molar-refractivity contribution in [2.45, 2.75) is 5.91 Å². The van der Waals surface area contributed by atoms with E-state index in [1.54, 1.807) is 32.6 Å². The number of hydrogen-bond acceptors (Lipinski definition) is 3. The van der Waals surface area contributed by atoms with E-state index in [0.29, 0.717) is 0 Å². The summed E-state index contributed by atoms with van der Waals surface area (Å²) < 4.78 is 7.22. The standard InChI is InChI=1S/C13H12N8/c1-5-14-18(9-1)13(19-10-2-6-15-19,20-11-3-7-16-20)21-12-4-8-17-21/h1-12H/p+1. The molecule has 1 N–H and O–H groups in total. The molecule has 0 saturated carbocycles. The van der Waals surface area contributed by atoms with Crippen molar-refractivity contribution in [3.8, 4) is 0 Å². The number of nitrogens with one attached hydrogen (secondary N) is 1. The fourth-order valence-electron chi connectivity index (χ4n) is 2.47. The molecule has 0 bridgehead atoms. The van der Waals surface area contributed by atoms with Crippen LogP contribution in [0.5, 0.6) is 0 Å². The van der Waals surface area contributed by atoms with Gasteiger partial charge in [-0.1, -0.05) is 0 Å². The minimum absolute atomic E-state index is 0.931. The Morgan fingerprint density at radius 2 is 1.29 bits per heavy atom. The molecule has 0 atom stereocenters. The molecule has 21 heavy (non-hydrogen) atoms. The summed E-state index contributed by atoms with van der Waals surface area (Å²) in [6.07, 6.45) is 14.5. The van der Waals surface area contributed by atoms with E-state index in [4.69, 9.17) is 0 Å². The summed E-state index contributed by atoms with van der Waals surface area (Å²) in [6, 6.07) is 7.51. The van der Waals surface area contributed by atoms with Gasteiger partial charge in [-0.2, -0.15) is 34.4 Å². The third-order valence-electron chi connectivity index (χ3n) is 3.30. The molecule has 0 aliphatic heterocycles. The lowest BCUT2D eigenvalue weighted by atomic mass is 10.5. The zero-order valence-electron chi connectivity index (χ0n) is 11.1. The van der Waals surface area contributed by atoms with Crippen LogP contribution in [0.15, 0.2) is 73.8 Å². The van der Waals surface area contributed by atoms with Gasteiger partial charge in [-0.15, -0.1) is 0 Å². The first kappa shape index (κ1) is 11.6. The second-order valence-corrected chi connectivity index (χ2v) is 4.46. The van der Waals surface area contributed by atoms with Crippen LogP contribution in [-0.4, -0.2) is 34.4 Å². The van der Waals surface area contributed by atoms with Crippen molar-refractivity contribution < 1.29 is 4.68 Å². The maximum atomic E-state index is 4.41. The summed E-state index contributed by atoms with van der Waals surface area (Å²) in [5.74, 6) is -0.931. The molecule has 4 rings (SSSR count). The Hall–Kier alpha value is -3.16. The predicted octanol–water partition coefficient (Wildman–Crippen LogP) is 0.104.